The SMILES string of the molecule is O=C(CCc1cccnc1)NCCCc1cccc(N2CC3CN(C(=O)c4c(F)cccc4Cl)CC3C2)c1. The number of nitrogens with zero attached hydrogens (tertiary/aromatic N) is 3. The molecule has 2 aromatic carbocycles. The standard InChI is InChI=1S/C30H32ClFN4O2/c31-26-9-2-10-27(32)29(26)30(38)36-19-23-17-35(18-24(23)20-36)25-8-1-5-21(15-25)6-4-14-34-28(37)12-11-22-7-3-13-33-16-22/h1-3,5,7-10,13,15-16,23-24H,4,6,11-12,14,17-20H2,(H,34,37). The van der Waals surface area contributed by atoms with Crippen LogP contribution < -0.4 is 10.2 Å². The number of rotatable bonds is 9. The number of likely N-dealkylation sites (tertiary alicyclic amines) is 1. The van der Waals surface area contributed by atoms with Crippen LogP contribution in [0.3, 0.4) is 0 Å². The number of nitrogens with one attached hydrogen (secondary N) is 1. The molecule has 3 aromatic rings. The molecule has 2 aliphatic heterocycles. The molecule has 8 heteroatoms. The molecule has 2 atom stereocenters. The van der Waals surface area contributed by atoms with E-state index in [2.05, 4.69) is 39.5 Å². The Kier molecular flexibility index (Phi) is 8.23. The number of hydrogen-bond acceptors (Lipinski definition) is 4. The molecule has 1 N–H and O–H groups in total. The molecule has 0 bridgehead atoms. The van der Waals surface area contributed by atoms with Gasteiger partial charge in [0.25, 0.3) is 5.91 Å². The number of amides is 2. The van der Waals surface area contributed by atoms with E-state index in [1.54, 1.807) is 23.4 Å². The monoisotopic (exact) mass is 534 g/mol. The molecule has 38 heavy (non-hydrogen) atoms. The summed E-state index contributed by atoms with van der Waals surface area (Å²) in [5.74, 6) is -0.108. The Labute approximate surface area is 227 Å². The summed E-state index contributed by atoms with van der Waals surface area (Å²) < 4.78 is 14.3. The van der Waals surface area contributed by atoms with Crippen LogP contribution in [-0.4, -0.2) is 54.4 Å². The third kappa shape index (κ3) is 6.16. The molecule has 2 amide bonds. The first-order valence-corrected chi connectivity index (χ1v) is 13.6. The van der Waals surface area contributed by atoms with E-state index in [4.69, 9.17) is 11.6 Å². The number of pyridine rings is 1. The van der Waals surface area contributed by atoms with Gasteiger partial charge in [-0.2, -0.15) is 0 Å². The average molecular weight is 535 g/mol. The minimum atomic E-state index is -0.567. The lowest BCUT2D eigenvalue weighted by Gasteiger charge is -2.24. The van der Waals surface area contributed by atoms with E-state index in [1.807, 2.05) is 12.1 Å². The predicted molar refractivity (Wildman–Crippen MR) is 147 cm³/mol. The van der Waals surface area contributed by atoms with Crippen molar-refractivity contribution in [3.63, 3.8) is 0 Å². The fourth-order valence-corrected chi connectivity index (χ4v) is 5.80. The van der Waals surface area contributed by atoms with Gasteiger partial charge < -0.3 is 15.1 Å². The van der Waals surface area contributed by atoms with Crippen molar-refractivity contribution < 1.29 is 14.0 Å². The molecular formula is C30H32ClFN4O2. The number of anilines is 1. The van der Waals surface area contributed by atoms with Gasteiger partial charge in [-0.3, -0.25) is 14.6 Å². The van der Waals surface area contributed by atoms with Crippen molar-refractivity contribution in [3.8, 4) is 0 Å². The van der Waals surface area contributed by atoms with Crippen molar-refractivity contribution in [1.29, 1.82) is 0 Å². The van der Waals surface area contributed by atoms with Gasteiger partial charge in [-0.05, 0) is 60.7 Å². The summed E-state index contributed by atoms with van der Waals surface area (Å²) in [6, 6.07) is 16.8. The van der Waals surface area contributed by atoms with Crippen LogP contribution in [0.4, 0.5) is 10.1 Å². The maximum Gasteiger partial charge on any atom is 0.258 e. The summed E-state index contributed by atoms with van der Waals surface area (Å²) in [6.07, 6.45) is 6.46. The minimum absolute atomic E-state index is 0.0246. The molecule has 0 radical (unpaired) electrons. The van der Waals surface area contributed by atoms with Crippen molar-refractivity contribution in [2.24, 2.45) is 11.8 Å². The zero-order valence-electron chi connectivity index (χ0n) is 21.3. The van der Waals surface area contributed by atoms with Crippen LogP contribution in [0.15, 0.2) is 67.0 Å². The topological polar surface area (TPSA) is 65.5 Å². The number of benzene rings is 2. The number of hydrogen-bond donors (Lipinski definition) is 1. The van der Waals surface area contributed by atoms with E-state index in [9.17, 15) is 14.0 Å². The van der Waals surface area contributed by atoms with Gasteiger partial charge in [-0.1, -0.05) is 35.9 Å². The van der Waals surface area contributed by atoms with Crippen LogP contribution in [0, 0.1) is 17.7 Å². The van der Waals surface area contributed by atoms with Gasteiger partial charge in [-0.15, -0.1) is 0 Å². The summed E-state index contributed by atoms with van der Waals surface area (Å²) in [4.78, 5) is 33.3. The summed E-state index contributed by atoms with van der Waals surface area (Å²) in [7, 11) is 0. The van der Waals surface area contributed by atoms with E-state index >= 15 is 0 Å². The smallest absolute Gasteiger partial charge is 0.258 e. The van der Waals surface area contributed by atoms with Crippen LogP contribution in [0.25, 0.3) is 0 Å². The molecule has 0 saturated carbocycles. The van der Waals surface area contributed by atoms with Crippen LogP contribution in [0.2, 0.25) is 5.02 Å². The third-order valence-electron chi connectivity index (χ3n) is 7.55. The van der Waals surface area contributed by atoms with E-state index in [0.29, 0.717) is 44.3 Å². The zero-order valence-corrected chi connectivity index (χ0v) is 22.0. The van der Waals surface area contributed by atoms with Crippen LogP contribution in [0.5, 0.6) is 0 Å². The Morgan fingerprint density at radius 2 is 1.74 bits per heavy atom. The fourth-order valence-electron chi connectivity index (χ4n) is 5.55. The molecule has 2 fully saturated rings. The Morgan fingerprint density at radius 3 is 2.47 bits per heavy atom. The molecule has 0 aliphatic carbocycles. The second-order valence-electron chi connectivity index (χ2n) is 10.2. The van der Waals surface area contributed by atoms with Crippen molar-refractivity contribution in [3.05, 3.63) is 94.5 Å². The quantitative estimate of drug-likeness (QED) is 0.402. The molecule has 5 rings (SSSR count). The lowest BCUT2D eigenvalue weighted by Crippen LogP contribution is -2.34. The van der Waals surface area contributed by atoms with Gasteiger partial charge in [0.2, 0.25) is 5.91 Å². The Bertz CT molecular complexity index is 1250. The fraction of sp³-hybridized carbons (Fsp3) is 0.367. The molecule has 2 saturated heterocycles. The van der Waals surface area contributed by atoms with E-state index < -0.39 is 5.82 Å². The summed E-state index contributed by atoms with van der Waals surface area (Å²) in [6.45, 7) is 3.63. The van der Waals surface area contributed by atoms with E-state index in [1.165, 1.54) is 23.4 Å². The van der Waals surface area contributed by atoms with Crippen LogP contribution in [-0.2, 0) is 17.6 Å². The summed E-state index contributed by atoms with van der Waals surface area (Å²) in [5.41, 5.74) is 3.48. The molecule has 1 aromatic heterocycles. The normalized spacial score (nSPS) is 18.5. The van der Waals surface area contributed by atoms with Gasteiger partial charge >= 0.3 is 0 Å². The maximum absolute atomic E-state index is 14.3. The van der Waals surface area contributed by atoms with Gasteiger partial charge in [0.15, 0.2) is 0 Å². The molecule has 2 unspecified atom stereocenters. The first kappa shape index (κ1) is 26.2. The van der Waals surface area contributed by atoms with Gasteiger partial charge in [0.05, 0.1) is 10.6 Å². The highest BCUT2D eigenvalue weighted by molar-refractivity contribution is 6.33. The lowest BCUT2D eigenvalue weighted by atomic mass is 10.0. The molecule has 198 valence electrons. The largest absolute Gasteiger partial charge is 0.371 e. The Hall–Kier alpha value is -3.45. The van der Waals surface area contributed by atoms with E-state index in [0.717, 1.165) is 31.5 Å². The van der Waals surface area contributed by atoms with Crippen LogP contribution >= 0.6 is 11.6 Å². The minimum Gasteiger partial charge on any atom is -0.371 e. The number of aromatic nitrogens is 1. The van der Waals surface area contributed by atoms with Crippen molar-refractivity contribution >= 4 is 29.1 Å². The Morgan fingerprint density at radius 1 is 0.974 bits per heavy atom. The number of fused-ring (bicyclic) bond motifs is 1. The molecule has 0 spiro atoms. The zero-order chi connectivity index (χ0) is 26.5. The summed E-state index contributed by atoms with van der Waals surface area (Å²) >= 11 is 6.12. The summed E-state index contributed by atoms with van der Waals surface area (Å²) in [5, 5.41) is 3.18. The highest BCUT2D eigenvalue weighted by Crippen LogP contribution is 2.35. The first-order chi connectivity index (χ1) is 18.5. The molecular weight excluding hydrogens is 503 g/mol. The first-order valence-electron chi connectivity index (χ1n) is 13.2. The number of carbonyl (C=O) groups is 2. The highest BCUT2D eigenvalue weighted by Gasteiger charge is 2.42. The number of carbonyl (C=O) groups excluding carboxylic acids is 2. The Balaban J connectivity index is 1.07. The van der Waals surface area contributed by atoms with E-state index in [-0.39, 0.29) is 22.4 Å². The number of halogens is 2. The van der Waals surface area contributed by atoms with Crippen LogP contribution in [0.1, 0.15) is 34.3 Å². The molecule has 6 nitrogen and oxygen atoms in total. The highest BCUT2D eigenvalue weighted by atomic mass is 35.5. The van der Waals surface area contributed by atoms with Gasteiger partial charge in [0, 0.05) is 69.1 Å². The second kappa shape index (κ2) is 11.9. The molecule has 3 heterocycles. The number of aryl methyl sites for hydroxylation is 2. The predicted octanol–water partition coefficient (Wildman–Crippen LogP) is 4.76. The second-order valence-corrected chi connectivity index (χ2v) is 10.6. The average Bonchev–Trinajstić information content (AvgIpc) is 3.51. The lowest BCUT2D eigenvalue weighted by molar-refractivity contribution is -0.121. The van der Waals surface area contributed by atoms with Crippen molar-refractivity contribution in [2.45, 2.75) is 25.7 Å². The van der Waals surface area contributed by atoms with Gasteiger partial charge in [0.1, 0.15) is 5.82 Å². The molecule has 2 aliphatic rings. The maximum atomic E-state index is 14.3. The van der Waals surface area contributed by atoms with Crippen molar-refractivity contribution in [2.75, 3.05) is 37.6 Å². The van der Waals surface area contributed by atoms with Gasteiger partial charge in [-0.25, -0.2) is 4.39 Å². The third-order valence-corrected chi connectivity index (χ3v) is 7.87. The van der Waals surface area contributed by atoms with Crippen molar-refractivity contribution in [1.82, 2.24) is 15.2 Å².